The molecule has 1 N–H and O–H groups in total. The van der Waals surface area contributed by atoms with Crippen LogP contribution < -0.4 is 4.74 Å². The van der Waals surface area contributed by atoms with E-state index in [1.54, 1.807) is 12.1 Å². The molecule has 118 valence electrons. The van der Waals surface area contributed by atoms with Crippen molar-refractivity contribution in [2.24, 2.45) is 5.16 Å². The second-order valence-electron chi connectivity index (χ2n) is 5.68. The zero-order chi connectivity index (χ0) is 16.8. The minimum Gasteiger partial charge on any atom is -0.489 e. The van der Waals surface area contributed by atoms with E-state index in [0.29, 0.717) is 18.1 Å². The van der Waals surface area contributed by atoms with Crippen LogP contribution in [-0.4, -0.2) is 10.9 Å². The quantitative estimate of drug-likeness (QED) is 0.506. The molecule has 0 saturated carbocycles. The molecule has 0 fully saturated rings. The lowest BCUT2D eigenvalue weighted by Gasteiger charge is -2.13. The molecule has 0 saturated heterocycles. The molecular weight excluding hydrogens is 288 g/mol. The molecule has 0 bridgehead atoms. The fraction of sp³-hybridized carbons (Fsp3) is 0.263. The first kappa shape index (κ1) is 16.6. The molecule has 4 nitrogen and oxygen atoms in total. The Hall–Kier alpha value is -2.80. The number of benzene rings is 2. The van der Waals surface area contributed by atoms with E-state index in [-0.39, 0.29) is 5.71 Å². The molecule has 2 rings (SSSR count). The largest absolute Gasteiger partial charge is 0.489 e. The van der Waals surface area contributed by atoms with E-state index < -0.39 is 0 Å². The lowest BCUT2D eigenvalue weighted by atomic mass is 9.98. The van der Waals surface area contributed by atoms with Gasteiger partial charge in [-0.15, -0.1) is 0 Å². The fourth-order valence-electron chi connectivity index (χ4n) is 2.56. The van der Waals surface area contributed by atoms with Crippen molar-refractivity contribution in [3.8, 4) is 11.8 Å². The number of nitrogens with zero attached hydrogens (tertiary/aromatic N) is 2. The van der Waals surface area contributed by atoms with E-state index in [1.807, 2.05) is 30.3 Å². The van der Waals surface area contributed by atoms with E-state index in [4.69, 9.17) is 15.2 Å². The Kier molecular flexibility index (Phi) is 5.37. The van der Waals surface area contributed by atoms with Gasteiger partial charge in [-0.05, 0) is 41.7 Å². The van der Waals surface area contributed by atoms with Crippen molar-refractivity contribution in [2.45, 2.75) is 33.3 Å². The van der Waals surface area contributed by atoms with Crippen molar-refractivity contribution in [3.63, 3.8) is 0 Å². The number of nitriles is 1. The zero-order valence-corrected chi connectivity index (χ0v) is 13.6. The second-order valence-corrected chi connectivity index (χ2v) is 5.68. The van der Waals surface area contributed by atoms with Gasteiger partial charge in [0.15, 0.2) is 5.71 Å². The lowest BCUT2D eigenvalue weighted by molar-refractivity contribution is 0.305. The third-order valence-corrected chi connectivity index (χ3v) is 3.74. The van der Waals surface area contributed by atoms with Gasteiger partial charge >= 0.3 is 0 Å². The van der Waals surface area contributed by atoms with Crippen LogP contribution in [0.5, 0.6) is 5.75 Å². The Bertz CT molecular complexity index is 758. The maximum Gasteiger partial charge on any atom is 0.187 e. The second kappa shape index (κ2) is 7.46. The predicted octanol–water partition coefficient (Wildman–Crippen LogP) is 4.40. The van der Waals surface area contributed by atoms with Crippen molar-refractivity contribution in [2.75, 3.05) is 0 Å². The van der Waals surface area contributed by atoms with Gasteiger partial charge in [0, 0.05) is 5.56 Å². The summed E-state index contributed by atoms with van der Waals surface area (Å²) in [6.07, 6.45) is 0. The smallest absolute Gasteiger partial charge is 0.187 e. The first-order chi connectivity index (χ1) is 11.1. The Morgan fingerprint density at radius 1 is 1.26 bits per heavy atom. The van der Waals surface area contributed by atoms with Gasteiger partial charge in [-0.1, -0.05) is 49.3 Å². The summed E-state index contributed by atoms with van der Waals surface area (Å²) in [5, 5.41) is 21.0. The molecule has 0 radical (unpaired) electrons. The van der Waals surface area contributed by atoms with E-state index >= 15 is 0 Å². The average molecular weight is 308 g/mol. The molecular formula is C19H20N2O2. The molecule has 0 heterocycles. The molecule has 4 heteroatoms. The van der Waals surface area contributed by atoms with Gasteiger partial charge in [0.2, 0.25) is 0 Å². The maximum absolute atomic E-state index is 9.03. The first-order valence-corrected chi connectivity index (χ1v) is 7.50. The summed E-state index contributed by atoms with van der Waals surface area (Å²) in [7, 11) is 0. The summed E-state index contributed by atoms with van der Waals surface area (Å²) in [6, 6.07) is 15.2. The summed E-state index contributed by atoms with van der Waals surface area (Å²) in [6.45, 7) is 6.70. The van der Waals surface area contributed by atoms with Gasteiger partial charge in [-0.25, -0.2) is 0 Å². The number of rotatable bonds is 5. The predicted molar refractivity (Wildman–Crippen MR) is 90.0 cm³/mol. The Morgan fingerprint density at radius 3 is 2.61 bits per heavy atom. The Morgan fingerprint density at radius 2 is 2.00 bits per heavy atom. The summed E-state index contributed by atoms with van der Waals surface area (Å²) in [5.41, 5.74) is 3.85. The van der Waals surface area contributed by atoms with Crippen molar-refractivity contribution >= 4 is 5.71 Å². The van der Waals surface area contributed by atoms with Crippen LogP contribution in [0.25, 0.3) is 0 Å². The van der Waals surface area contributed by atoms with Gasteiger partial charge in [0.05, 0.1) is 0 Å². The van der Waals surface area contributed by atoms with Crippen LogP contribution in [0.1, 0.15) is 42.0 Å². The molecule has 2 aromatic carbocycles. The van der Waals surface area contributed by atoms with Crippen LogP contribution in [0.4, 0.5) is 0 Å². The average Bonchev–Trinajstić information content (AvgIpc) is 2.55. The third-order valence-electron chi connectivity index (χ3n) is 3.74. The van der Waals surface area contributed by atoms with Crippen LogP contribution in [0.3, 0.4) is 0 Å². The summed E-state index contributed by atoms with van der Waals surface area (Å²) >= 11 is 0. The SMILES string of the molecule is Cc1cc(OCc2ccccc2/C(C#N)=N\O)ccc1C(C)C. The first-order valence-electron chi connectivity index (χ1n) is 7.50. The molecule has 0 aliphatic carbocycles. The highest BCUT2D eigenvalue weighted by Gasteiger charge is 2.10. The van der Waals surface area contributed by atoms with E-state index in [1.165, 1.54) is 11.1 Å². The minimum absolute atomic E-state index is 0.0180. The molecule has 0 unspecified atom stereocenters. The molecule has 0 aromatic heterocycles. The van der Waals surface area contributed by atoms with Gasteiger partial charge in [-0.3, -0.25) is 0 Å². The highest BCUT2D eigenvalue weighted by atomic mass is 16.5. The molecule has 0 spiro atoms. The summed E-state index contributed by atoms with van der Waals surface area (Å²) in [5.74, 6) is 1.25. The van der Waals surface area contributed by atoms with Crippen LogP contribution in [0.2, 0.25) is 0 Å². The van der Waals surface area contributed by atoms with Crippen LogP contribution in [0.15, 0.2) is 47.6 Å². The van der Waals surface area contributed by atoms with Crippen LogP contribution >= 0.6 is 0 Å². The number of hydrogen-bond acceptors (Lipinski definition) is 4. The molecule has 0 atom stereocenters. The standard InChI is InChI=1S/C19H20N2O2/c1-13(2)17-9-8-16(10-14(17)3)23-12-15-6-4-5-7-18(15)19(11-20)21-22/h4-10,13,22H,12H2,1-3H3/b21-19-. The molecule has 0 amide bonds. The van der Waals surface area contributed by atoms with Gasteiger partial charge < -0.3 is 9.94 Å². The minimum atomic E-state index is -0.0180. The molecule has 0 aliphatic rings. The van der Waals surface area contributed by atoms with Crippen molar-refractivity contribution < 1.29 is 9.94 Å². The molecule has 2 aromatic rings. The van der Waals surface area contributed by atoms with Crippen LogP contribution in [0, 0.1) is 18.3 Å². The number of hydrogen-bond donors (Lipinski definition) is 1. The summed E-state index contributed by atoms with van der Waals surface area (Å²) in [4.78, 5) is 0. The van der Waals surface area contributed by atoms with Gasteiger partial charge in [-0.2, -0.15) is 5.26 Å². The molecule has 23 heavy (non-hydrogen) atoms. The monoisotopic (exact) mass is 308 g/mol. The highest BCUT2D eigenvalue weighted by molar-refractivity contribution is 6.12. The van der Waals surface area contributed by atoms with Gasteiger partial charge in [0.25, 0.3) is 0 Å². The topological polar surface area (TPSA) is 65.6 Å². The zero-order valence-electron chi connectivity index (χ0n) is 13.6. The molecule has 0 aliphatic heterocycles. The van der Waals surface area contributed by atoms with E-state index in [0.717, 1.165) is 11.3 Å². The normalized spacial score (nSPS) is 11.3. The van der Waals surface area contributed by atoms with Crippen molar-refractivity contribution in [1.29, 1.82) is 5.26 Å². The number of aryl methyl sites for hydroxylation is 1. The highest BCUT2D eigenvalue weighted by Crippen LogP contribution is 2.24. The lowest BCUT2D eigenvalue weighted by Crippen LogP contribution is -2.06. The van der Waals surface area contributed by atoms with Crippen molar-refractivity contribution in [3.05, 3.63) is 64.7 Å². The van der Waals surface area contributed by atoms with E-state index in [2.05, 4.69) is 32.0 Å². The Balaban J connectivity index is 2.19. The summed E-state index contributed by atoms with van der Waals surface area (Å²) < 4.78 is 5.84. The van der Waals surface area contributed by atoms with Crippen LogP contribution in [-0.2, 0) is 6.61 Å². The number of oxime groups is 1. The van der Waals surface area contributed by atoms with Gasteiger partial charge in [0.1, 0.15) is 18.4 Å². The number of ether oxygens (including phenoxy) is 1. The Labute approximate surface area is 136 Å². The van der Waals surface area contributed by atoms with Crippen molar-refractivity contribution in [1.82, 2.24) is 0 Å². The fourth-order valence-corrected chi connectivity index (χ4v) is 2.56. The van der Waals surface area contributed by atoms with E-state index in [9.17, 15) is 0 Å². The third kappa shape index (κ3) is 3.89. The maximum atomic E-state index is 9.03.